The summed E-state index contributed by atoms with van der Waals surface area (Å²) in [7, 11) is 0. The maximum absolute atomic E-state index is 6.09. The average molecular weight is 293 g/mol. The first-order valence-electron chi connectivity index (χ1n) is 4.35. The van der Waals surface area contributed by atoms with E-state index < -0.39 is 0 Å². The number of hydrogen-bond donors (Lipinski definition) is 0. The molecule has 1 heterocycles. The summed E-state index contributed by atoms with van der Waals surface area (Å²) in [5.41, 5.74) is 1.39. The third-order valence-corrected chi connectivity index (χ3v) is 3.37. The molecule has 2 rings (SSSR count). The van der Waals surface area contributed by atoms with Gasteiger partial charge in [-0.25, -0.2) is 4.98 Å². The van der Waals surface area contributed by atoms with Crippen LogP contribution in [0.5, 0.6) is 0 Å². The fraction of sp³-hybridized carbons (Fsp3) is 0. The van der Waals surface area contributed by atoms with Gasteiger partial charge in [0.2, 0.25) is 0 Å². The number of aromatic nitrogens is 1. The molecule has 0 aliphatic carbocycles. The summed E-state index contributed by atoms with van der Waals surface area (Å²) < 4.78 is 0. The van der Waals surface area contributed by atoms with Crippen molar-refractivity contribution in [2.24, 2.45) is 0 Å². The molecule has 16 heavy (non-hydrogen) atoms. The van der Waals surface area contributed by atoms with Crippen LogP contribution in [-0.4, -0.2) is 4.98 Å². The Kier molecular flexibility index (Phi) is 3.60. The Labute approximate surface area is 113 Å². The number of benzene rings is 1. The molecule has 1 aromatic carbocycles. The van der Waals surface area contributed by atoms with Crippen LogP contribution in [0.4, 0.5) is 0 Å². The van der Waals surface area contributed by atoms with Crippen LogP contribution < -0.4 is 0 Å². The van der Waals surface area contributed by atoms with Crippen molar-refractivity contribution in [1.29, 1.82) is 0 Å². The molecule has 0 saturated carbocycles. The molecule has 0 saturated heterocycles. The van der Waals surface area contributed by atoms with Crippen molar-refractivity contribution in [3.8, 4) is 11.1 Å². The van der Waals surface area contributed by atoms with Crippen LogP contribution in [0, 0.1) is 0 Å². The lowest BCUT2D eigenvalue weighted by molar-refractivity contribution is 1.33. The highest BCUT2D eigenvalue weighted by Gasteiger charge is 2.11. The Morgan fingerprint density at radius 1 is 0.938 bits per heavy atom. The Morgan fingerprint density at radius 2 is 1.69 bits per heavy atom. The number of halogens is 4. The SMILES string of the molecule is Clc1cnc(Cl)c(-c2cccc(Cl)c2Cl)c1. The van der Waals surface area contributed by atoms with Gasteiger partial charge in [0, 0.05) is 17.3 Å². The summed E-state index contributed by atoms with van der Waals surface area (Å²) in [6.07, 6.45) is 1.48. The van der Waals surface area contributed by atoms with E-state index in [1.54, 1.807) is 18.2 Å². The van der Waals surface area contributed by atoms with Crippen LogP contribution in [0.15, 0.2) is 30.5 Å². The van der Waals surface area contributed by atoms with E-state index in [-0.39, 0.29) is 0 Å². The molecule has 2 aromatic rings. The van der Waals surface area contributed by atoms with Gasteiger partial charge >= 0.3 is 0 Å². The normalized spacial score (nSPS) is 10.5. The molecular formula is C11H5Cl4N. The molecular weight excluding hydrogens is 288 g/mol. The van der Waals surface area contributed by atoms with Crippen LogP contribution in [0.1, 0.15) is 0 Å². The van der Waals surface area contributed by atoms with E-state index in [1.165, 1.54) is 6.20 Å². The minimum atomic E-state index is 0.341. The maximum atomic E-state index is 6.09. The van der Waals surface area contributed by atoms with Crippen LogP contribution in [0.25, 0.3) is 11.1 Å². The van der Waals surface area contributed by atoms with Crippen molar-refractivity contribution >= 4 is 46.4 Å². The molecule has 0 fully saturated rings. The highest BCUT2D eigenvalue weighted by atomic mass is 35.5. The second-order valence-corrected chi connectivity index (χ2v) is 4.67. The molecule has 0 amide bonds. The van der Waals surface area contributed by atoms with E-state index in [0.29, 0.717) is 31.3 Å². The van der Waals surface area contributed by atoms with E-state index >= 15 is 0 Å². The van der Waals surface area contributed by atoms with Gasteiger partial charge in [-0.2, -0.15) is 0 Å². The van der Waals surface area contributed by atoms with Gasteiger partial charge in [-0.15, -0.1) is 0 Å². The summed E-state index contributed by atoms with van der Waals surface area (Å²) in [5.74, 6) is 0. The Morgan fingerprint density at radius 3 is 2.44 bits per heavy atom. The standard InChI is InChI=1S/C11H5Cl4N/c12-6-4-8(11(15)16-5-6)7-2-1-3-9(13)10(7)14/h1-5H. The minimum absolute atomic E-state index is 0.341. The summed E-state index contributed by atoms with van der Waals surface area (Å²) in [6.45, 7) is 0. The van der Waals surface area contributed by atoms with Gasteiger partial charge < -0.3 is 0 Å². The molecule has 0 aliphatic rings. The fourth-order valence-corrected chi connectivity index (χ4v) is 2.09. The molecule has 1 nitrogen and oxygen atoms in total. The van der Waals surface area contributed by atoms with Crippen molar-refractivity contribution in [3.05, 3.63) is 50.7 Å². The van der Waals surface area contributed by atoms with Crippen molar-refractivity contribution in [1.82, 2.24) is 4.98 Å². The van der Waals surface area contributed by atoms with Crippen molar-refractivity contribution in [2.75, 3.05) is 0 Å². The van der Waals surface area contributed by atoms with Gasteiger partial charge in [-0.3, -0.25) is 0 Å². The van der Waals surface area contributed by atoms with Crippen molar-refractivity contribution < 1.29 is 0 Å². The van der Waals surface area contributed by atoms with Crippen LogP contribution >= 0.6 is 46.4 Å². The molecule has 0 radical (unpaired) electrons. The lowest BCUT2D eigenvalue weighted by Crippen LogP contribution is -1.85. The van der Waals surface area contributed by atoms with Gasteiger partial charge in [0.05, 0.1) is 15.1 Å². The highest BCUT2D eigenvalue weighted by molar-refractivity contribution is 6.44. The van der Waals surface area contributed by atoms with E-state index in [9.17, 15) is 0 Å². The van der Waals surface area contributed by atoms with Crippen molar-refractivity contribution in [3.63, 3.8) is 0 Å². The van der Waals surface area contributed by atoms with Gasteiger partial charge in [-0.1, -0.05) is 58.5 Å². The second kappa shape index (κ2) is 4.80. The molecule has 0 unspecified atom stereocenters. The first-order chi connectivity index (χ1) is 7.59. The van der Waals surface area contributed by atoms with E-state index in [1.807, 2.05) is 6.07 Å². The molecule has 5 heteroatoms. The van der Waals surface area contributed by atoms with Crippen molar-refractivity contribution in [2.45, 2.75) is 0 Å². The summed E-state index contributed by atoms with van der Waals surface area (Å²) in [4.78, 5) is 3.96. The number of nitrogens with zero attached hydrogens (tertiary/aromatic N) is 1. The lowest BCUT2D eigenvalue weighted by atomic mass is 10.1. The van der Waals surface area contributed by atoms with Gasteiger partial charge in [0.15, 0.2) is 0 Å². The molecule has 0 atom stereocenters. The topological polar surface area (TPSA) is 12.9 Å². The summed E-state index contributed by atoms with van der Waals surface area (Å²) in [5, 5.41) is 1.74. The molecule has 82 valence electrons. The Bertz CT molecular complexity index is 540. The Balaban J connectivity index is 2.67. The van der Waals surface area contributed by atoms with Crippen LogP contribution in [-0.2, 0) is 0 Å². The van der Waals surface area contributed by atoms with Crippen LogP contribution in [0.2, 0.25) is 20.2 Å². The average Bonchev–Trinajstić information content (AvgIpc) is 2.26. The van der Waals surface area contributed by atoms with Crippen LogP contribution in [0.3, 0.4) is 0 Å². The zero-order chi connectivity index (χ0) is 11.7. The quantitative estimate of drug-likeness (QED) is 0.645. The minimum Gasteiger partial charge on any atom is -0.242 e. The predicted molar refractivity (Wildman–Crippen MR) is 69.7 cm³/mol. The third-order valence-electron chi connectivity index (χ3n) is 2.05. The molecule has 0 N–H and O–H groups in total. The third kappa shape index (κ3) is 2.28. The number of hydrogen-bond acceptors (Lipinski definition) is 1. The van der Waals surface area contributed by atoms with E-state index in [4.69, 9.17) is 46.4 Å². The summed E-state index contributed by atoms with van der Waals surface area (Å²) >= 11 is 23.9. The first-order valence-corrected chi connectivity index (χ1v) is 5.86. The van der Waals surface area contributed by atoms with Gasteiger partial charge in [0.1, 0.15) is 5.15 Å². The zero-order valence-corrected chi connectivity index (χ0v) is 10.9. The fourth-order valence-electron chi connectivity index (χ4n) is 1.32. The number of rotatable bonds is 1. The lowest BCUT2D eigenvalue weighted by Gasteiger charge is -2.07. The highest BCUT2D eigenvalue weighted by Crippen LogP contribution is 2.37. The first kappa shape index (κ1) is 12.0. The molecule has 0 spiro atoms. The Hall–Kier alpha value is -0.470. The van der Waals surface area contributed by atoms with E-state index in [2.05, 4.69) is 4.98 Å². The molecule has 0 bridgehead atoms. The van der Waals surface area contributed by atoms with Gasteiger partial charge in [0.25, 0.3) is 0 Å². The molecule has 0 aliphatic heterocycles. The summed E-state index contributed by atoms with van der Waals surface area (Å²) in [6, 6.07) is 7.02. The smallest absolute Gasteiger partial charge is 0.136 e. The maximum Gasteiger partial charge on any atom is 0.136 e. The monoisotopic (exact) mass is 291 g/mol. The predicted octanol–water partition coefficient (Wildman–Crippen LogP) is 5.36. The second-order valence-electron chi connectivity index (χ2n) is 3.09. The zero-order valence-electron chi connectivity index (χ0n) is 7.85. The molecule has 1 aromatic heterocycles. The number of pyridine rings is 1. The largest absolute Gasteiger partial charge is 0.242 e. The van der Waals surface area contributed by atoms with Gasteiger partial charge in [-0.05, 0) is 12.1 Å². The van der Waals surface area contributed by atoms with E-state index in [0.717, 1.165) is 0 Å².